The molecule has 0 aromatic carbocycles. The number of hydrogen-bond donors (Lipinski definition) is 1. The molecule has 0 aromatic heterocycles. The van der Waals surface area contributed by atoms with E-state index in [1.165, 1.54) is 0 Å². The molecule has 0 radical (unpaired) electrons. The Labute approximate surface area is 111 Å². The Hall–Kier alpha value is -1.49. The largest absolute Gasteiger partial charge is 0.478 e. The molecule has 0 saturated carbocycles. The second kappa shape index (κ2) is 6.98. The first-order chi connectivity index (χ1) is 9.08. The molecule has 0 atom stereocenters. The third-order valence-electron chi connectivity index (χ3n) is 1.79. The number of aliphatic carboxylic acids is 1. The first-order valence-electron chi connectivity index (χ1n) is 4.70. The van der Waals surface area contributed by atoms with Gasteiger partial charge in [0.1, 0.15) is 0 Å². The van der Waals surface area contributed by atoms with Crippen LogP contribution in [0.5, 0.6) is 0 Å². The van der Waals surface area contributed by atoms with Crippen LogP contribution in [0.4, 0.5) is 43.9 Å². The number of halogens is 10. The van der Waals surface area contributed by atoms with Crippen LogP contribution in [0, 0.1) is 0 Å². The Morgan fingerprint density at radius 2 is 1.29 bits per heavy atom. The third kappa shape index (κ3) is 5.08. The Bertz CT molecular complexity index is 360. The molecule has 0 spiro atoms. The molecule has 0 bridgehead atoms. The van der Waals surface area contributed by atoms with Crippen LogP contribution in [0.15, 0.2) is 12.7 Å². The summed E-state index contributed by atoms with van der Waals surface area (Å²) in [6.07, 6.45) is -8.44. The zero-order chi connectivity index (χ0) is 17.7. The van der Waals surface area contributed by atoms with Crippen LogP contribution in [0.3, 0.4) is 0 Å². The summed E-state index contributed by atoms with van der Waals surface area (Å²) in [4.78, 5) is 9.25. The quantitative estimate of drug-likeness (QED) is 0.606. The molecule has 0 heterocycles. The minimum atomic E-state index is -6.93. The van der Waals surface area contributed by atoms with Crippen molar-refractivity contribution >= 4 is 5.97 Å². The summed E-state index contributed by atoms with van der Waals surface area (Å²) in [5.74, 6) is -20.4. The van der Waals surface area contributed by atoms with Gasteiger partial charge < -0.3 is 5.11 Å². The molecular formula is C9H8F10O2. The van der Waals surface area contributed by atoms with Crippen molar-refractivity contribution in [1.82, 2.24) is 0 Å². The van der Waals surface area contributed by atoms with E-state index in [2.05, 4.69) is 6.58 Å². The number of carboxylic acids is 1. The summed E-state index contributed by atoms with van der Waals surface area (Å²) in [6.45, 7) is 0.804. The minimum absolute atomic E-state index is 0.833. The van der Waals surface area contributed by atoms with Gasteiger partial charge in [0.25, 0.3) is 0 Å². The molecule has 0 fully saturated rings. The van der Waals surface area contributed by atoms with Crippen molar-refractivity contribution in [3.63, 3.8) is 0 Å². The van der Waals surface area contributed by atoms with Crippen molar-refractivity contribution in [2.24, 2.45) is 0 Å². The first-order valence-corrected chi connectivity index (χ1v) is 4.70. The summed E-state index contributed by atoms with van der Waals surface area (Å²) in [5.41, 5.74) is 0. The molecule has 0 saturated heterocycles. The minimum Gasteiger partial charge on any atom is -0.478 e. The van der Waals surface area contributed by atoms with Crippen molar-refractivity contribution in [1.29, 1.82) is 0 Å². The van der Waals surface area contributed by atoms with E-state index in [1.807, 2.05) is 0 Å². The van der Waals surface area contributed by atoms with Crippen LogP contribution >= 0.6 is 0 Å². The van der Waals surface area contributed by atoms with Crippen LogP contribution in [0.2, 0.25) is 0 Å². The molecule has 0 aliphatic carbocycles. The van der Waals surface area contributed by atoms with Crippen LogP contribution in [-0.4, -0.2) is 41.7 Å². The maximum atomic E-state index is 12.3. The average molecular weight is 338 g/mol. The summed E-state index contributed by atoms with van der Waals surface area (Å²) in [6, 6.07) is 0. The van der Waals surface area contributed by atoms with E-state index in [1.54, 1.807) is 0 Å². The highest BCUT2D eigenvalue weighted by Gasteiger charge is 2.81. The highest BCUT2D eigenvalue weighted by atomic mass is 19.4. The summed E-state index contributed by atoms with van der Waals surface area (Å²) >= 11 is 0. The van der Waals surface area contributed by atoms with Gasteiger partial charge in [-0.1, -0.05) is 6.58 Å². The summed E-state index contributed by atoms with van der Waals surface area (Å²) in [7, 11) is 0. The van der Waals surface area contributed by atoms with Crippen molar-refractivity contribution in [3.05, 3.63) is 12.7 Å². The van der Waals surface area contributed by atoms with Gasteiger partial charge >= 0.3 is 29.9 Å². The lowest BCUT2D eigenvalue weighted by molar-refractivity contribution is -0.396. The third-order valence-corrected chi connectivity index (χ3v) is 1.79. The number of carbonyl (C=O) groups is 1. The molecule has 1 N–H and O–H groups in total. The van der Waals surface area contributed by atoms with Crippen molar-refractivity contribution in [2.45, 2.75) is 30.4 Å². The van der Waals surface area contributed by atoms with Gasteiger partial charge in [-0.2, -0.15) is 39.5 Å². The van der Waals surface area contributed by atoms with E-state index >= 15 is 0 Å². The molecule has 126 valence electrons. The lowest BCUT2D eigenvalue weighted by Gasteiger charge is -2.33. The van der Waals surface area contributed by atoms with E-state index in [0.717, 1.165) is 6.08 Å². The fourth-order valence-corrected chi connectivity index (χ4v) is 0.683. The smallest absolute Gasteiger partial charge is 0.460 e. The van der Waals surface area contributed by atoms with Gasteiger partial charge in [0, 0.05) is 12.5 Å². The topological polar surface area (TPSA) is 37.3 Å². The van der Waals surface area contributed by atoms with Crippen molar-refractivity contribution in [2.75, 3.05) is 6.67 Å². The van der Waals surface area contributed by atoms with Crippen LogP contribution < -0.4 is 0 Å². The molecule has 0 aromatic rings. The molecule has 0 aliphatic heterocycles. The van der Waals surface area contributed by atoms with Crippen LogP contribution in [0.25, 0.3) is 0 Å². The van der Waals surface area contributed by atoms with Crippen LogP contribution in [0.1, 0.15) is 6.42 Å². The lowest BCUT2D eigenvalue weighted by atomic mass is 10.0. The van der Waals surface area contributed by atoms with E-state index < -0.39 is 43.0 Å². The zero-order valence-corrected chi connectivity index (χ0v) is 9.83. The summed E-state index contributed by atoms with van der Waals surface area (Å²) in [5, 5.41) is 7.60. The van der Waals surface area contributed by atoms with Gasteiger partial charge in [-0.25, -0.2) is 4.79 Å². The van der Waals surface area contributed by atoms with E-state index in [9.17, 15) is 48.7 Å². The number of hydrogen-bond acceptors (Lipinski definition) is 1. The number of rotatable bonds is 5. The first kappa shape index (κ1) is 21.8. The Kier molecular flexibility index (Phi) is 7.25. The Morgan fingerprint density at radius 3 is 1.48 bits per heavy atom. The highest BCUT2D eigenvalue weighted by molar-refractivity contribution is 5.78. The van der Waals surface area contributed by atoms with Gasteiger partial charge in [-0.3, -0.25) is 4.39 Å². The molecule has 0 unspecified atom stereocenters. The predicted molar refractivity (Wildman–Crippen MR) is 49.3 cm³/mol. The van der Waals surface area contributed by atoms with Crippen molar-refractivity contribution < 1.29 is 53.8 Å². The molecular weight excluding hydrogens is 330 g/mol. The normalized spacial score (nSPS) is 13.2. The van der Waals surface area contributed by atoms with Crippen LogP contribution in [-0.2, 0) is 4.79 Å². The monoisotopic (exact) mass is 338 g/mol. The van der Waals surface area contributed by atoms with E-state index in [4.69, 9.17) is 5.11 Å². The SMILES string of the molecule is C=CC(=O)O.FCCC(F)(F)C(F)(F)C(F)(F)C(F)(F)F. The summed E-state index contributed by atoms with van der Waals surface area (Å²) < 4.78 is 119. The fourth-order valence-electron chi connectivity index (χ4n) is 0.683. The van der Waals surface area contributed by atoms with E-state index in [0.29, 0.717) is 0 Å². The van der Waals surface area contributed by atoms with Crippen molar-refractivity contribution in [3.8, 4) is 0 Å². The van der Waals surface area contributed by atoms with Gasteiger partial charge in [0.15, 0.2) is 0 Å². The predicted octanol–water partition coefficient (Wildman–Crippen LogP) is 4.07. The molecule has 0 amide bonds. The fraction of sp³-hybridized carbons (Fsp3) is 0.667. The molecule has 2 nitrogen and oxygen atoms in total. The van der Waals surface area contributed by atoms with E-state index in [-0.39, 0.29) is 0 Å². The number of carboxylic acid groups (broad SMARTS) is 1. The molecule has 0 rings (SSSR count). The highest BCUT2D eigenvalue weighted by Crippen LogP contribution is 2.53. The number of alkyl halides is 10. The van der Waals surface area contributed by atoms with Gasteiger partial charge in [-0.05, 0) is 0 Å². The Morgan fingerprint density at radius 1 is 0.952 bits per heavy atom. The van der Waals surface area contributed by atoms with Gasteiger partial charge in [0.2, 0.25) is 0 Å². The lowest BCUT2D eigenvalue weighted by Crippen LogP contribution is -2.60. The van der Waals surface area contributed by atoms with Gasteiger partial charge in [-0.15, -0.1) is 0 Å². The Balaban J connectivity index is 0. The molecule has 21 heavy (non-hydrogen) atoms. The molecule has 0 aliphatic rings. The van der Waals surface area contributed by atoms with Gasteiger partial charge in [0.05, 0.1) is 6.67 Å². The standard InChI is InChI=1S/C6H4F10.C3H4O2/c7-2-1-3(8,9)4(10,11)5(12,13)6(14,15)16;1-2-3(4)5/h1-2H2;2H,1H2,(H,4,5). The maximum Gasteiger partial charge on any atom is 0.460 e. The second-order valence-electron chi connectivity index (χ2n) is 3.33. The second-order valence-corrected chi connectivity index (χ2v) is 3.33. The average Bonchev–Trinajstić information content (AvgIpc) is 2.27. The zero-order valence-electron chi connectivity index (χ0n) is 9.83. The molecule has 12 heteroatoms. The maximum absolute atomic E-state index is 12.3.